The summed E-state index contributed by atoms with van der Waals surface area (Å²) in [5, 5.41) is 9.59. The number of rotatable bonds is 7. The lowest BCUT2D eigenvalue weighted by Crippen LogP contribution is -2.31. The van der Waals surface area contributed by atoms with Crippen molar-refractivity contribution in [2.24, 2.45) is 5.92 Å². The van der Waals surface area contributed by atoms with Crippen molar-refractivity contribution < 1.29 is 27.9 Å². The molecule has 0 saturated heterocycles. The van der Waals surface area contributed by atoms with E-state index in [1.54, 1.807) is 23.2 Å². The molecule has 2 aromatic carbocycles. The fourth-order valence-electron chi connectivity index (χ4n) is 4.03. The highest BCUT2D eigenvalue weighted by Gasteiger charge is 2.33. The van der Waals surface area contributed by atoms with Gasteiger partial charge in [0, 0.05) is 41.7 Å². The van der Waals surface area contributed by atoms with E-state index in [9.17, 15) is 27.9 Å². The quantitative estimate of drug-likeness (QED) is 0.547. The third-order valence-corrected chi connectivity index (χ3v) is 5.80. The maximum absolute atomic E-state index is 13.4. The van der Waals surface area contributed by atoms with E-state index in [-0.39, 0.29) is 18.4 Å². The second kappa shape index (κ2) is 8.33. The first-order valence-corrected chi connectivity index (χ1v) is 10.5. The monoisotopic (exact) mass is 444 g/mol. The molecule has 8 heteroatoms. The number of aliphatic carboxylic acids is 1. The molecule has 4 rings (SSSR count). The number of halogens is 3. The van der Waals surface area contributed by atoms with Gasteiger partial charge in [0.1, 0.15) is 6.54 Å². The van der Waals surface area contributed by atoms with Crippen molar-refractivity contribution in [3.63, 3.8) is 0 Å². The summed E-state index contributed by atoms with van der Waals surface area (Å²) >= 11 is 0. The molecule has 1 aliphatic rings. The lowest BCUT2D eigenvalue weighted by molar-refractivity contribution is -0.138. The molecule has 0 bridgehead atoms. The highest BCUT2D eigenvalue weighted by atomic mass is 19.4. The lowest BCUT2D eigenvalue weighted by Gasteiger charge is -2.22. The molecule has 1 aliphatic carbocycles. The van der Waals surface area contributed by atoms with Crippen LogP contribution in [0, 0.1) is 5.92 Å². The number of amides is 1. The molecule has 0 atom stereocenters. The first-order chi connectivity index (χ1) is 15.2. The Bertz CT molecular complexity index is 1180. The van der Waals surface area contributed by atoms with Crippen molar-refractivity contribution in [2.75, 3.05) is 6.54 Å². The van der Waals surface area contributed by atoms with Gasteiger partial charge in [0.15, 0.2) is 0 Å². The molecule has 0 spiro atoms. The van der Waals surface area contributed by atoms with E-state index < -0.39 is 17.7 Å². The van der Waals surface area contributed by atoms with Gasteiger partial charge in [0.2, 0.25) is 5.91 Å². The molecule has 0 radical (unpaired) electrons. The van der Waals surface area contributed by atoms with Crippen LogP contribution < -0.4 is 0 Å². The van der Waals surface area contributed by atoms with Crippen LogP contribution in [0.5, 0.6) is 0 Å². The second-order valence-electron chi connectivity index (χ2n) is 8.08. The third-order valence-electron chi connectivity index (χ3n) is 5.80. The summed E-state index contributed by atoms with van der Waals surface area (Å²) in [4.78, 5) is 25.7. The maximum Gasteiger partial charge on any atom is 0.416 e. The van der Waals surface area contributed by atoms with Crippen molar-refractivity contribution in [2.45, 2.75) is 39.0 Å². The normalized spacial score (nSPS) is 14.0. The molecule has 0 unspecified atom stereocenters. The maximum atomic E-state index is 13.4. The van der Waals surface area contributed by atoms with Gasteiger partial charge in [-0.15, -0.1) is 0 Å². The van der Waals surface area contributed by atoms with Crippen molar-refractivity contribution in [3.05, 3.63) is 59.8 Å². The van der Waals surface area contributed by atoms with E-state index in [2.05, 4.69) is 0 Å². The summed E-state index contributed by atoms with van der Waals surface area (Å²) in [7, 11) is 0. The number of nitrogens with zero attached hydrogens (tertiary/aromatic N) is 2. The van der Waals surface area contributed by atoms with E-state index in [1.807, 2.05) is 19.1 Å². The number of carbonyl (C=O) groups is 2. The molecular weight excluding hydrogens is 421 g/mol. The number of carbonyl (C=O) groups excluding carboxylic acids is 1. The predicted molar refractivity (Wildman–Crippen MR) is 114 cm³/mol. The summed E-state index contributed by atoms with van der Waals surface area (Å²) in [6, 6.07) is 10.6. The standard InChI is InChI=1S/C24H23F3N2O3/c1-2-28(23(32)15-7-8-15)12-16-5-3-4-6-18(16)20-13-29(14-22(30)31)21-10-9-17(11-19(20)21)24(25,26)27/h3-6,9-11,13,15H,2,7-8,12,14H2,1H3,(H,30,31). The van der Waals surface area contributed by atoms with Gasteiger partial charge in [-0.05, 0) is 49.1 Å². The number of hydrogen-bond acceptors (Lipinski definition) is 2. The van der Waals surface area contributed by atoms with Gasteiger partial charge >= 0.3 is 12.1 Å². The Labute approximate surface area is 183 Å². The zero-order valence-electron chi connectivity index (χ0n) is 17.5. The molecule has 5 nitrogen and oxygen atoms in total. The van der Waals surface area contributed by atoms with Gasteiger partial charge in [-0.3, -0.25) is 9.59 Å². The van der Waals surface area contributed by atoms with Gasteiger partial charge in [-0.1, -0.05) is 24.3 Å². The van der Waals surface area contributed by atoms with Gasteiger partial charge in [-0.25, -0.2) is 0 Å². The van der Waals surface area contributed by atoms with E-state index in [1.165, 1.54) is 10.6 Å². The van der Waals surface area contributed by atoms with Gasteiger partial charge in [0.25, 0.3) is 0 Å². The fraction of sp³-hybridized carbons (Fsp3) is 0.333. The third kappa shape index (κ3) is 4.35. The number of alkyl halides is 3. The molecule has 1 saturated carbocycles. The fourth-order valence-corrected chi connectivity index (χ4v) is 4.03. The van der Waals surface area contributed by atoms with Gasteiger partial charge < -0.3 is 14.6 Å². The van der Waals surface area contributed by atoms with Gasteiger partial charge in [0.05, 0.1) is 5.56 Å². The average Bonchev–Trinajstić information content (AvgIpc) is 3.54. The Morgan fingerprint density at radius 3 is 2.47 bits per heavy atom. The number of carboxylic acids is 1. The van der Waals surface area contributed by atoms with Crippen molar-refractivity contribution in [1.82, 2.24) is 9.47 Å². The molecule has 1 heterocycles. The summed E-state index contributed by atoms with van der Waals surface area (Å²) in [6.45, 7) is 2.40. The number of carboxylic acid groups (broad SMARTS) is 1. The molecule has 3 aromatic rings. The van der Waals surface area contributed by atoms with Crippen LogP contribution >= 0.6 is 0 Å². The van der Waals surface area contributed by atoms with Crippen LogP contribution in [-0.2, 0) is 28.9 Å². The number of hydrogen-bond donors (Lipinski definition) is 1. The molecule has 1 aromatic heterocycles. The Kier molecular flexibility index (Phi) is 5.71. The molecule has 1 fully saturated rings. The summed E-state index contributed by atoms with van der Waals surface area (Å²) in [5.41, 5.74) is 1.61. The van der Waals surface area contributed by atoms with Crippen LogP contribution in [0.2, 0.25) is 0 Å². The van der Waals surface area contributed by atoms with Crippen LogP contribution in [-0.4, -0.2) is 33.0 Å². The lowest BCUT2D eigenvalue weighted by atomic mass is 9.97. The minimum absolute atomic E-state index is 0.0638. The SMILES string of the molecule is CCN(Cc1ccccc1-c1cn(CC(=O)O)c2ccc(C(F)(F)F)cc12)C(=O)C1CC1. The molecule has 1 N–H and O–H groups in total. The zero-order valence-corrected chi connectivity index (χ0v) is 17.5. The second-order valence-corrected chi connectivity index (χ2v) is 8.08. The van der Waals surface area contributed by atoms with Crippen molar-refractivity contribution in [1.29, 1.82) is 0 Å². The van der Waals surface area contributed by atoms with Crippen LogP contribution in [0.25, 0.3) is 22.0 Å². The molecule has 168 valence electrons. The van der Waals surface area contributed by atoms with Crippen molar-refractivity contribution >= 4 is 22.8 Å². The smallest absolute Gasteiger partial charge is 0.416 e. The zero-order chi connectivity index (χ0) is 23.0. The minimum Gasteiger partial charge on any atom is -0.480 e. The first-order valence-electron chi connectivity index (χ1n) is 10.5. The van der Waals surface area contributed by atoms with Crippen LogP contribution in [0.1, 0.15) is 30.9 Å². The highest BCUT2D eigenvalue weighted by molar-refractivity contribution is 5.98. The number of fused-ring (bicyclic) bond motifs is 1. The summed E-state index contributed by atoms with van der Waals surface area (Å²) < 4.78 is 41.6. The Balaban J connectivity index is 1.83. The molecule has 1 amide bonds. The Morgan fingerprint density at radius 1 is 1.12 bits per heavy atom. The van der Waals surface area contributed by atoms with Gasteiger partial charge in [-0.2, -0.15) is 13.2 Å². The Morgan fingerprint density at radius 2 is 1.84 bits per heavy atom. The van der Waals surface area contributed by atoms with Crippen LogP contribution in [0.3, 0.4) is 0 Å². The minimum atomic E-state index is -4.52. The van der Waals surface area contributed by atoms with Crippen LogP contribution in [0.4, 0.5) is 13.2 Å². The molecule has 0 aliphatic heterocycles. The number of benzene rings is 2. The average molecular weight is 444 g/mol. The predicted octanol–water partition coefficient (Wildman–Crippen LogP) is 5.17. The molecule has 32 heavy (non-hydrogen) atoms. The first kappa shape index (κ1) is 21.9. The number of aromatic nitrogens is 1. The Hall–Kier alpha value is -3.29. The highest BCUT2D eigenvalue weighted by Crippen LogP contribution is 2.38. The molecular formula is C24H23F3N2O3. The van der Waals surface area contributed by atoms with E-state index in [4.69, 9.17) is 0 Å². The van der Waals surface area contributed by atoms with Crippen molar-refractivity contribution in [3.8, 4) is 11.1 Å². The van der Waals surface area contributed by atoms with E-state index in [0.717, 1.165) is 30.5 Å². The summed E-state index contributed by atoms with van der Waals surface area (Å²) in [5.74, 6) is -0.933. The van der Waals surface area contributed by atoms with E-state index in [0.29, 0.717) is 35.1 Å². The largest absolute Gasteiger partial charge is 0.480 e. The van der Waals surface area contributed by atoms with E-state index >= 15 is 0 Å². The van der Waals surface area contributed by atoms with Crippen LogP contribution in [0.15, 0.2) is 48.7 Å². The topological polar surface area (TPSA) is 62.5 Å². The summed E-state index contributed by atoms with van der Waals surface area (Å²) in [6.07, 6.45) is -1.16.